The van der Waals surface area contributed by atoms with E-state index < -0.39 is 12.2 Å². The fourth-order valence-electron chi connectivity index (χ4n) is 4.88. The molecule has 2 aliphatic rings. The van der Waals surface area contributed by atoms with Crippen molar-refractivity contribution in [3.63, 3.8) is 0 Å². The number of nitrogens with one attached hydrogen (secondary N) is 1. The number of thiophene rings is 1. The molecule has 3 aromatic heterocycles. The summed E-state index contributed by atoms with van der Waals surface area (Å²) in [5, 5.41) is 24.4. The minimum atomic E-state index is -0.839. The van der Waals surface area contributed by atoms with Gasteiger partial charge in [-0.3, -0.25) is 0 Å². The number of aromatic nitrogens is 4. The van der Waals surface area contributed by atoms with E-state index in [-0.39, 0.29) is 17.9 Å². The normalized spacial score (nSPS) is 25.1. The Kier molecular flexibility index (Phi) is 5.50. The molecule has 5 atom stereocenters. The highest BCUT2D eigenvalue weighted by Crippen LogP contribution is 2.57. The Morgan fingerprint density at radius 3 is 2.65 bits per heavy atom. The van der Waals surface area contributed by atoms with Gasteiger partial charge in [0.25, 0.3) is 0 Å². The van der Waals surface area contributed by atoms with Gasteiger partial charge in [0.05, 0.1) is 27.7 Å². The van der Waals surface area contributed by atoms with Crippen LogP contribution in [0.5, 0.6) is 0 Å². The molecule has 4 aromatic rings. The molecule has 3 N–H and O–H groups in total. The number of anilines is 1. The third-order valence-corrected chi connectivity index (χ3v) is 7.78. The molecule has 1 aromatic carbocycles. The van der Waals surface area contributed by atoms with Crippen molar-refractivity contribution in [2.45, 2.75) is 31.1 Å². The summed E-state index contributed by atoms with van der Waals surface area (Å²) >= 11 is 7.43. The molecular formula is C25H22ClN5O2S. The topological polar surface area (TPSA) is 96.1 Å². The van der Waals surface area contributed by atoms with Crippen LogP contribution < -0.4 is 5.32 Å². The summed E-state index contributed by atoms with van der Waals surface area (Å²) in [4.78, 5) is 14.8. The highest BCUT2D eigenvalue weighted by molar-refractivity contribution is 7.16. The number of halogens is 1. The van der Waals surface area contributed by atoms with Crippen molar-refractivity contribution in [2.75, 3.05) is 11.9 Å². The van der Waals surface area contributed by atoms with E-state index in [0.29, 0.717) is 33.7 Å². The van der Waals surface area contributed by atoms with Crippen LogP contribution in [0.25, 0.3) is 11.2 Å². The molecular weight excluding hydrogens is 470 g/mol. The molecule has 7 nitrogen and oxygen atoms in total. The summed E-state index contributed by atoms with van der Waals surface area (Å²) in [6, 6.07) is 13.7. The zero-order valence-corrected chi connectivity index (χ0v) is 19.7. The molecule has 0 unspecified atom stereocenters. The Morgan fingerprint density at radius 2 is 1.91 bits per heavy atom. The molecule has 2 fully saturated rings. The Morgan fingerprint density at radius 1 is 1.06 bits per heavy atom. The predicted molar refractivity (Wildman–Crippen MR) is 132 cm³/mol. The van der Waals surface area contributed by atoms with Crippen LogP contribution in [0, 0.1) is 23.7 Å². The van der Waals surface area contributed by atoms with Crippen LogP contribution in [0.2, 0.25) is 4.34 Å². The summed E-state index contributed by atoms with van der Waals surface area (Å²) in [7, 11) is 0. The maximum Gasteiger partial charge on any atom is 0.209 e. The molecule has 9 heteroatoms. The lowest BCUT2D eigenvalue weighted by molar-refractivity contribution is 0.00386. The van der Waals surface area contributed by atoms with Crippen molar-refractivity contribution in [1.82, 2.24) is 19.5 Å². The van der Waals surface area contributed by atoms with E-state index in [0.717, 1.165) is 17.7 Å². The number of benzene rings is 1. The van der Waals surface area contributed by atoms with Crippen LogP contribution in [0.1, 0.15) is 28.7 Å². The first-order chi connectivity index (χ1) is 16.6. The minimum absolute atomic E-state index is 0.144. The third-order valence-electron chi connectivity index (χ3n) is 6.63. The lowest BCUT2D eigenvalue weighted by Crippen LogP contribution is -2.31. The van der Waals surface area contributed by atoms with Crippen LogP contribution >= 0.6 is 22.9 Å². The number of aliphatic hydroxyl groups is 2. The molecule has 0 saturated heterocycles. The lowest BCUT2D eigenvalue weighted by Gasteiger charge is -2.22. The average molecular weight is 492 g/mol. The first-order valence-corrected chi connectivity index (χ1v) is 12.4. The van der Waals surface area contributed by atoms with Crippen LogP contribution in [-0.4, -0.2) is 48.5 Å². The van der Waals surface area contributed by atoms with E-state index in [1.165, 1.54) is 16.9 Å². The highest BCUT2D eigenvalue weighted by Gasteiger charge is 2.60. The summed E-state index contributed by atoms with van der Waals surface area (Å²) in [5.74, 6) is 7.48. The molecule has 3 heterocycles. The number of aliphatic hydroxyl groups excluding tert-OH is 2. The maximum atomic E-state index is 10.7. The van der Waals surface area contributed by atoms with E-state index in [2.05, 4.69) is 39.3 Å². The molecule has 2 saturated carbocycles. The van der Waals surface area contributed by atoms with Crippen LogP contribution in [0.3, 0.4) is 0 Å². The zero-order valence-electron chi connectivity index (χ0n) is 18.1. The number of hydrogen-bond acceptors (Lipinski definition) is 7. The fourth-order valence-corrected chi connectivity index (χ4v) is 5.78. The molecule has 34 heavy (non-hydrogen) atoms. The van der Waals surface area contributed by atoms with E-state index in [1.54, 1.807) is 6.33 Å². The highest BCUT2D eigenvalue weighted by atomic mass is 35.5. The summed E-state index contributed by atoms with van der Waals surface area (Å²) < 4.78 is 2.56. The monoisotopic (exact) mass is 491 g/mol. The Bertz CT molecular complexity index is 1410. The Labute approximate surface area is 205 Å². The molecule has 0 radical (unpaired) electrons. The second kappa shape index (κ2) is 8.67. The summed E-state index contributed by atoms with van der Waals surface area (Å²) in [6.45, 7) is 0.672. The van der Waals surface area contributed by atoms with Crippen molar-refractivity contribution in [2.24, 2.45) is 11.8 Å². The zero-order chi connectivity index (χ0) is 23.2. The van der Waals surface area contributed by atoms with Crippen molar-refractivity contribution < 1.29 is 10.2 Å². The van der Waals surface area contributed by atoms with Crippen LogP contribution in [0.15, 0.2) is 48.8 Å². The van der Waals surface area contributed by atoms with Gasteiger partial charge in [-0.15, -0.1) is 11.3 Å². The van der Waals surface area contributed by atoms with Gasteiger partial charge in [0.2, 0.25) is 5.82 Å². The van der Waals surface area contributed by atoms with Crippen molar-refractivity contribution >= 4 is 39.9 Å². The summed E-state index contributed by atoms with van der Waals surface area (Å²) in [5.41, 5.74) is 2.46. The van der Waals surface area contributed by atoms with Gasteiger partial charge in [0, 0.05) is 6.54 Å². The van der Waals surface area contributed by atoms with Gasteiger partial charge in [-0.05, 0) is 54.2 Å². The first kappa shape index (κ1) is 21.6. The fraction of sp³-hybridized carbons (Fsp3) is 0.320. The van der Waals surface area contributed by atoms with E-state index in [9.17, 15) is 10.2 Å². The van der Waals surface area contributed by atoms with Crippen LogP contribution in [-0.2, 0) is 6.42 Å². The van der Waals surface area contributed by atoms with Gasteiger partial charge in [-0.1, -0.05) is 41.9 Å². The van der Waals surface area contributed by atoms with E-state index >= 15 is 0 Å². The Balaban J connectivity index is 1.36. The molecule has 0 spiro atoms. The lowest BCUT2D eigenvalue weighted by atomic mass is 10.1. The van der Waals surface area contributed by atoms with Gasteiger partial charge in [-0.25, -0.2) is 15.0 Å². The predicted octanol–water partition coefficient (Wildman–Crippen LogP) is 3.51. The van der Waals surface area contributed by atoms with Crippen molar-refractivity contribution in [3.05, 3.63) is 69.4 Å². The number of nitrogens with zero attached hydrogens (tertiary/aromatic N) is 4. The van der Waals surface area contributed by atoms with Gasteiger partial charge < -0.3 is 20.1 Å². The number of hydrogen-bond donors (Lipinski definition) is 3. The number of imidazole rings is 1. The van der Waals surface area contributed by atoms with Crippen molar-refractivity contribution in [3.8, 4) is 11.8 Å². The molecule has 0 amide bonds. The van der Waals surface area contributed by atoms with E-state index in [4.69, 9.17) is 16.6 Å². The number of rotatable bonds is 5. The minimum Gasteiger partial charge on any atom is -0.390 e. The SMILES string of the molecule is O[C@@H]1[C@H](O)[C@@H]2C[C@@H]2[C@H]1n1cnc2c(NCCc3ccccc3)nc(C#Cc3ccc(Cl)s3)nc21. The molecule has 0 bridgehead atoms. The molecule has 172 valence electrons. The van der Waals surface area contributed by atoms with Gasteiger partial charge in [-0.2, -0.15) is 0 Å². The molecule has 0 aliphatic heterocycles. The molecule has 6 rings (SSSR count). The smallest absolute Gasteiger partial charge is 0.209 e. The average Bonchev–Trinajstić information content (AvgIpc) is 3.21. The second-order valence-electron chi connectivity index (χ2n) is 8.77. The van der Waals surface area contributed by atoms with Crippen molar-refractivity contribution in [1.29, 1.82) is 0 Å². The van der Waals surface area contributed by atoms with Gasteiger partial charge >= 0.3 is 0 Å². The maximum absolute atomic E-state index is 10.7. The number of fused-ring (bicyclic) bond motifs is 2. The Hall–Kier alpha value is -2.96. The second-order valence-corrected chi connectivity index (χ2v) is 10.5. The third kappa shape index (κ3) is 3.95. The largest absolute Gasteiger partial charge is 0.390 e. The quantitative estimate of drug-likeness (QED) is 0.370. The van der Waals surface area contributed by atoms with E-state index in [1.807, 2.05) is 34.9 Å². The van der Waals surface area contributed by atoms with Gasteiger partial charge in [0.15, 0.2) is 17.0 Å². The standard InChI is InChI=1S/C25H22ClN5O2S/c26-18-8-6-15(34-18)7-9-19-29-24(27-11-10-14-4-2-1-3-5-14)20-25(30-19)31(13-28-20)21-16-12-17(16)22(32)23(21)33/h1-6,8,13,16-17,21-23,32-33H,10-12H2,(H,27,29,30)/t16-,17+,21+,22+,23-/m0/s1. The first-order valence-electron chi connectivity index (χ1n) is 11.2. The molecule has 2 aliphatic carbocycles. The summed E-state index contributed by atoms with van der Waals surface area (Å²) in [6.07, 6.45) is 1.88. The van der Waals surface area contributed by atoms with Crippen LogP contribution in [0.4, 0.5) is 5.82 Å². The van der Waals surface area contributed by atoms with Gasteiger partial charge in [0.1, 0.15) is 6.10 Å².